The van der Waals surface area contributed by atoms with Gasteiger partial charge in [-0.15, -0.1) is 10.2 Å². The van der Waals surface area contributed by atoms with Crippen LogP contribution in [0.25, 0.3) is 11.4 Å². The van der Waals surface area contributed by atoms with Gasteiger partial charge in [-0.2, -0.15) is 4.98 Å². The Morgan fingerprint density at radius 1 is 1.28 bits per heavy atom. The third-order valence-corrected chi connectivity index (χ3v) is 4.38. The predicted octanol–water partition coefficient (Wildman–Crippen LogP) is 2.34. The number of aromatic nitrogens is 5. The number of hydrogen-bond donors (Lipinski definition) is 2. The van der Waals surface area contributed by atoms with Gasteiger partial charge in [-0.05, 0) is 19.1 Å². The molecule has 0 saturated carbocycles. The van der Waals surface area contributed by atoms with Gasteiger partial charge < -0.3 is 19.7 Å². The summed E-state index contributed by atoms with van der Waals surface area (Å²) < 4.78 is 7.36. The predicted molar refractivity (Wildman–Crippen MR) is 112 cm³/mol. The van der Waals surface area contributed by atoms with E-state index in [2.05, 4.69) is 42.9 Å². The average Bonchev–Trinajstić information content (AvgIpc) is 3.37. The quantitative estimate of drug-likeness (QED) is 0.407. The molecule has 0 fully saturated rings. The van der Waals surface area contributed by atoms with E-state index in [0.717, 1.165) is 43.4 Å². The molecule has 154 valence electrons. The van der Waals surface area contributed by atoms with Crippen LogP contribution in [-0.4, -0.2) is 50.5 Å². The zero-order valence-electron chi connectivity index (χ0n) is 16.6. The highest BCUT2D eigenvalue weighted by Crippen LogP contribution is 2.19. The van der Waals surface area contributed by atoms with Gasteiger partial charge in [-0.1, -0.05) is 35.8 Å². The van der Waals surface area contributed by atoms with Crippen LogP contribution in [0, 0.1) is 0 Å². The summed E-state index contributed by atoms with van der Waals surface area (Å²) in [7, 11) is 0. The number of hydrogen-bond acceptors (Lipinski definition) is 6. The van der Waals surface area contributed by atoms with Gasteiger partial charge in [-0.3, -0.25) is 4.99 Å². The SMILES string of the molecule is CCNC(=NCCc1nc(-c2cccc(Cl)c2)no1)NCCn1cnnc1CC. The Labute approximate surface area is 174 Å². The number of nitrogens with one attached hydrogen (secondary N) is 2. The van der Waals surface area contributed by atoms with Gasteiger partial charge in [0.2, 0.25) is 11.7 Å². The fourth-order valence-electron chi connectivity index (χ4n) is 2.74. The van der Waals surface area contributed by atoms with E-state index >= 15 is 0 Å². The van der Waals surface area contributed by atoms with E-state index in [1.165, 1.54) is 0 Å². The van der Waals surface area contributed by atoms with Gasteiger partial charge >= 0.3 is 0 Å². The van der Waals surface area contributed by atoms with Crippen molar-refractivity contribution in [1.29, 1.82) is 0 Å². The van der Waals surface area contributed by atoms with Crippen molar-refractivity contribution < 1.29 is 4.52 Å². The molecule has 0 radical (unpaired) electrons. The van der Waals surface area contributed by atoms with Crippen molar-refractivity contribution in [2.24, 2.45) is 4.99 Å². The normalized spacial score (nSPS) is 11.6. The Morgan fingerprint density at radius 3 is 2.97 bits per heavy atom. The van der Waals surface area contributed by atoms with Crippen LogP contribution in [0.15, 0.2) is 40.1 Å². The van der Waals surface area contributed by atoms with E-state index < -0.39 is 0 Å². The molecule has 10 heteroatoms. The summed E-state index contributed by atoms with van der Waals surface area (Å²) in [4.78, 5) is 8.99. The molecule has 0 unspecified atom stereocenters. The Bertz CT molecular complexity index is 936. The molecule has 3 rings (SSSR count). The third kappa shape index (κ3) is 6.02. The van der Waals surface area contributed by atoms with E-state index in [0.29, 0.717) is 29.7 Å². The number of benzene rings is 1. The fourth-order valence-corrected chi connectivity index (χ4v) is 2.93. The number of guanidine groups is 1. The maximum absolute atomic E-state index is 6.01. The van der Waals surface area contributed by atoms with Crippen molar-refractivity contribution in [3.05, 3.63) is 47.3 Å². The Balaban J connectivity index is 1.51. The van der Waals surface area contributed by atoms with Crippen LogP contribution in [0.3, 0.4) is 0 Å². The van der Waals surface area contributed by atoms with E-state index in [9.17, 15) is 0 Å². The standard InChI is InChI=1S/C19H25ClN8O/c1-3-16-26-24-13-28(16)11-10-23-19(21-4-2)22-9-8-17-25-18(27-29-17)14-6-5-7-15(20)12-14/h5-7,12-13H,3-4,8-11H2,1-2H3,(H2,21,22,23). The molecule has 3 aromatic rings. The molecule has 0 aliphatic carbocycles. The van der Waals surface area contributed by atoms with Crippen molar-refractivity contribution in [2.45, 2.75) is 33.2 Å². The summed E-state index contributed by atoms with van der Waals surface area (Å²) in [6, 6.07) is 7.37. The highest BCUT2D eigenvalue weighted by Gasteiger charge is 2.09. The minimum absolute atomic E-state index is 0.525. The second-order valence-corrected chi connectivity index (χ2v) is 6.69. The van der Waals surface area contributed by atoms with Crippen LogP contribution in [0.2, 0.25) is 5.02 Å². The largest absolute Gasteiger partial charge is 0.357 e. The molecular weight excluding hydrogens is 392 g/mol. The first-order chi connectivity index (χ1) is 14.2. The highest BCUT2D eigenvalue weighted by atomic mass is 35.5. The van der Waals surface area contributed by atoms with Gasteiger partial charge in [0, 0.05) is 43.1 Å². The molecule has 9 nitrogen and oxygen atoms in total. The summed E-state index contributed by atoms with van der Waals surface area (Å²) in [5.74, 6) is 2.78. The number of nitrogens with zero attached hydrogens (tertiary/aromatic N) is 6. The molecule has 2 heterocycles. The topological polar surface area (TPSA) is 106 Å². The van der Waals surface area contributed by atoms with Gasteiger partial charge in [0.05, 0.1) is 6.54 Å². The Kier molecular flexibility index (Phi) is 7.57. The molecule has 0 amide bonds. The molecule has 0 bridgehead atoms. The van der Waals surface area contributed by atoms with Crippen LogP contribution in [-0.2, 0) is 19.4 Å². The smallest absolute Gasteiger partial charge is 0.228 e. The van der Waals surface area contributed by atoms with Crippen molar-refractivity contribution in [2.75, 3.05) is 19.6 Å². The fraction of sp³-hybridized carbons (Fsp3) is 0.421. The molecule has 1 aromatic carbocycles. The minimum atomic E-state index is 0.525. The summed E-state index contributed by atoms with van der Waals surface area (Å²) in [5.41, 5.74) is 0.825. The van der Waals surface area contributed by atoms with Crippen LogP contribution < -0.4 is 10.6 Å². The number of aliphatic imine (C=N–C) groups is 1. The highest BCUT2D eigenvalue weighted by molar-refractivity contribution is 6.30. The first-order valence-electron chi connectivity index (χ1n) is 9.67. The van der Waals surface area contributed by atoms with Gasteiger partial charge in [0.1, 0.15) is 12.2 Å². The zero-order chi connectivity index (χ0) is 20.5. The van der Waals surface area contributed by atoms with E-state index in [-0.39, 0.29) is 0 Å². The maximum atomic E-state index is 6.01. The summed E-state index contributed by atoms with van der Waals surface area (Å²) in [5, 5.41) is 19.2. The molecule has 0 atom stereocenters. The Hall–Kier alpha value is -2.94. The molecule has 0 spiro atoms. The van der Waals surface area contributed by atoms with Crippen LogP contribution in [0.1, 0.15) is 25.6 Å². The van der Waals surface area contributed by atoms with Crippen molar-refractivity contribution in [3.63, 3.8) is 0 Å². The lowest BCUT2D eigenvalue weighted by Gasteiger charge is -2.12. The number of rotatable bonds is 9. The first kappa shape index (κ1) is 20.8. The summed E-state index contributed by atoms with van der Waals surface area (Å²) >= 11 is 6.01. The van der Waals surface area contributed by atoms with E-state index in [1.807, 2.05) is 29.7 Å². The van der Waals surface area contributed by atoms with Crippen LogP contribution in [0.4, 0.5) is 0 Å². The van der Waals surface area contributed by atoms with Crippen LogP contribution >= 0.6 is 11.6 Å². The second kappa shape index (κ2) is 10.6. The molecular formula is C19H25ClN8O. The minimum Gasteiger partial charge on any atom is -0.357 e. The van der Waals surface area contributed by atoms with Gasteiger partial charge in [0.15, 0.2) is 5.96 Å². The Morgan fingerprint density at radius 2 is 2.17 bits per heavy atom. The lowest BCUT2D eigenvalue weighted by atomic mass is 10.2. The molecule has 2 N–H and O–H groups in total. The molecule has 29 heavy (non-hydrogen) atoms. The van der Waals surface area contributed by atoms with E-state index in [1.54, 1.807) is 12.4 Å². The lowest BCUT2D eigenvalue weighted by molar-refractivity contribution is 0.380. The number of aryl methyl sites for hydroxylation is 1. The van der Waals surface area contributed by atoms with Crippen LogP contribution in [0.5, 0.6) is 0 Å². The van der Waals surface area contributed by atoms with Gasteiger partial charge in [-0.25, -0.2) is 0 Å². The summed E-state index contributed by atoms with van der Waals surface area (Å²) in [6.45, 7) is 6.89. The van der Waals surface area contributed by atoms with Crippen molar-refractivity contribution >= 4 is 17.6 Å². The molecule has 0 aliphatic rings. The van der Waals surface area contributed by atoms with Gasteiger partial charge in [0.25, 0.3) is 0 Å². The first-order valence-corrected chi connectivity index (χ1v) is 10.0. The second-order valence-electron chi connectivity index (χ2n) is 6.25. The lowest BCUT2D eigenvalue weighted by Crippen LogP contribution is -2.39. The molecule has 2 aromatic heterocycles. The summed E-state index contributed by atoms with van der Waals surface area (Å²) in [6.07, 6.45) is 3.16. The monoisotopic (exact) mass is 416 g/mol. The van der Waals surface area contributed by atoms with Crippen molar-refractivity contribution in [3.8, 4) is 11.4 Å². The number of halogens is 1. The maximum Gasteiger partial charge on any atom is 0.228 e. The van der Waals surface area contributed by atoms with E-state index in [4.69, 9.17) is 16.1 Å². The molecule has 0 aliphatic heterocycles. The average molecular weight is 417 g/mol. The third-order valence-electron chi connectivity index (χ3n) is 4.15. The zero-order valence-corrected chi connectivity index (χ0v) is 17.4. The van der Waals surface area contributed by atoms with Crippen molar-refractivity contribution in [1.82, 2.24) is 35.5 Å². The molecule has 0 saturated heterocycles.